The summed E-state index contributed by atoms with van der Waals surface area (Å²) in [5.41, 5.74) is 14.4. The van der Waals surface area contributed by atoms with Gasteiger partial charge < -0.3 is 19.3 Å². The Morgan fingerprint density at radius 3 is 1.97 bits per heavy atom. The van der Waals surface area contributed by atoms with E-state index in [0.29, 0.717) is 11.6 Å². The van der Waals surface area contributed by atoms with Crippen molar-refractivity contribution in [3.63, 3.8) is 0 Å². The first kappa shape index (κ1) is 37.4. The minimum atomic E-state index is -2.33. The zero-order valence-corrected chi connectivity index (χ0v) is 37.7. The van der Waals surface area contributed by atoms with Gasteiger partial charge >= 0.3 is 21.1 Å². The fourth-order valence-electron chi connectivity index (χ4n) is 9.23. The van der Waals surface area contributed by atoms with Crippen LogP contribution in [0.4, 0.5) is 34.1 Å². The Balaban J connectivity index is 0.00000525. The molecule has 312 valence electrons. The van der Waals surface area contributed by atoms with Crippen LogP contribution in [0.2, 0.25) is 0 Å². The van der Waals surface area contributed by atoms with Crippen molar-refractivity contribution in [2.45, 2.75) is 19.8 Å². The van der Waals surface area contributed by atoms with Gasteiger partial charge in [-0.1, -0.05) is 170 Å². The Morgan fingerprint density at radius 2 is 1.22 bits per heavy atom. The Bertz CT molecular complexity index is 3350. The second-order valence-electron chi connectivity index (χ2n) is 16.3. The van der Waals surface area contributed by atoms with E-state index in [0.717, 1.165) is 83.9 Å². The molecule has 3 heterocycles. The molecular formula is C58H45N5Pt. The van der Waals surface area contributed by atoms with E-state index in [9.17, 15) is 0 Å². The van der Waals surface area contributed by atoms with Crippen LogP contribution in [0.15, 0.2) is 200 Å². The minimum Gasteiger partial charge on any atom is -0.357 e. The molecule has 0 N–H and O–H groups in total. The topological polar surface area (TPSA) is 27.5 Å². The molecule has 8 aromatic carbocycles. The summed E-state index contributed by atoms with van der Waals surface area (Å²) in [5, 5.41) is 2.16. The molecule has 0 fully saturated rings. The molecule has 64 heavy (non-hydrogen) atoms. The van der Waals surface area contributed by atoms with E-state index < -0.39 is 6.98 Å². The van der Waals surface area contributed by atoms with Gasteiger partial charge in [0.2, 0.25) is 0 Å². The van der Waals surface area contributed by atoms with Gasteiger partial charge in [-0.25, -0.2) is 4.98 Å². The Labute approximate surface area is 394 Å². The van der Waals surface area contributed by atoms with Crippen LogP contribution in [-0.4, -0.2) is 23.2 Å². The second-order valence-corrected chi connectivity index (χ2v) is 16.3. The third-order valence-corrected chi connectivity index (χ3v) is 12.1. The molecule has 0 amide bonds. The monoisotopic (exact) mass is 1010 g/mol. The van der Waals surface area contributed by atoms with Crippen molar-refractivity contribution in [3.05, 3.63) is 218 Å². The molecule has 0 unspecified atom stereocenters. The van der Waals surface area contributed by atoms with Crippen molar-refractivity contribution in [3.8, 4) is 39.2 Å². The van der Waals surface area contributed by atoms with E-state index in [1.54, 1.807) is 0 Å². The molecule has 0 saturated heterocycles. The van der Waals surface area contributed by atoms with Gasteiger partial charge in [0, 0.05) is 33.9 Å². The van der Waals surface area contributed by atoms with Gasteiger partial charge in [0.15, 0.2) is 0 Å². The minimum absolute atomic E-state index is 0. The van der Waals surface area contributed by atoms with Gasteiger partial charge in [0.25, 0.3) is 0 Å². The molecule has 10 aromatic rings. The van der Waals surface area contributed by atoms with Crippen molar-refractivity contribution in [2.24, 2.45) is 0 Å². The number of anilines is 6. The smallest absolute Gasteiger partial charge is 0.357 e. The molecule has 0 bridgehead atoms. The number of benzene rings is 8. The second kappa shape index (κ2) is 17.2. The van der Waals surface area contributed by atoms with Gasteiger partial charge in [-0.05, 0) is 69.5 Å². The summed E-state index contributed by atoms with van der Waals surface area (Å²) in [6.45, 7) is 2.29. The third-order valence-electron chi connectivity index (χ3n) is 12.1. The molecule has 0 saturated carbocycles. The molecule has 6 heteroatoms. The first-order valence-electron chi connectivity index (χ1n) is 22.9. The van der Waals surface area contributed by atoms with Crippen molar-refractivity contribution < 1.29 is 25.2 Å². The van der Waals surface area contributed by atoms with E-state index in [1.807, 2.05) is 59.6 Å². The number of nitrogens with zero attached hydrogens (tertiary/aromatic N) is 5. The maximum absolute atomic E-state index is 8.43. The molecule has 0 radical (unpaired) electrons. The van der Waals surface area contributed by atoms with E-state index in [2.05, 4.69) is 181 Å². The summed E-state index contributed by atoms with van der Waals surface area (Å²) in [7, 11) is 0. The largest absolute Gasteiger partial charge is 2.00 e. The van der Waals surface area contributed by atoms with E-state index in [-0.39, 0.29) is 27.7 Å². The predicted molar refractivity (Wildman–Crippen MR) is 263 cm³/mol. The van der Waals surface area contributed by atoms with Crippen molar-refractivity contribution in [1.82, 2.24) is 9.55 Å². The van der Waals surface area contributed by atoms with Gasteiger partial charge in [-0.3, -0.25) is 0 Å². The van der Waals surface area contributed by atoms with Gasteiger partial charge in [0.1, 0.15) is 5.82 Å². The number of aromatic nitrogens is 2. The Hall–Kier alpha value is -7.20. The molecule has 0 aliphatic carbocycles. The van der Waals surface area contributed by atoms with Gasteiger partial charge in [-0.2, -0.15) is 12.1 Å². The SMILES string of the molecule is [2H]C([2H])([2H])N1CN(c2[c-]c(N(c3[c-]c4c(cc3)c3ccccc3n4-c3cc(-c4ccccc4C(C)C)ccn3)c3c(-c4ccccc4)cccc3-c3ccccc3)ccc2)c2ccccc21.[Pt+2]. The van der Waals surface area contributed by atoms with Gasteiger partial charge in [-0.15, -0.1) is 35.7 Å². The number of para-hydroxylation sites is 4. The van der Waals surface area contributed by atoms with Crippen molar-refractivity contribution in [1.29, 1.82) is 0 Å². The summed E-state index contributed by atoms with van der Waals surface area (Å²) >= 11 is 0. The van der Waals surface area contributed by atoms with E-state index in [4.69, 9.17) is 9.10 Å². The molecule has 2 aromatic heterocycles. The summed E-state index contributed by atoms with van der Waals surface area (Å²) in [4.78, 5) is 10.8. The number of hydrogen-bond donors (Lipinski definition) is 0. The fraction of sp³-hybridized carbons (Fsp3) is 0.0862. The first-order valence-corrected chi connectivity index (χ1v) is 21.4. The van der Waals surface area contributed by atoms with Crippen LogP contribution in [0, 0.1) is 12.1 Å². The molecule has 5 nitrogen and oxygen atoms in total. The average Bonchev–Trinajstić information content (AvgIpc) is 3.92. The molecule has 0 atom stereocenters. The molecule has 0 spiro atoms. The van der Waals surface area contributed by atoms with E-state index in [1.165, 1.54) is 16.0 Å². The predicted octanol–water partition coefficient (Wildman–Crippen LogP) is 14.9. The van der Waals surface area contributed by atoms with E-state index >= 15 is 0 Å². The third kappa shape index (κ3) is 7.16. The average molecular weight is 1010 g/mol. The van der Waals surface area contributed by atoms with Crippen LogP contribution in [0.3, 0.4) is 0 Å². The van der Waals surface area contributed by atoms with Crippen LogP contribution in [-0.2, 0) is 21.1 Å². The summed E-state index contributed by atoms with van der Waals surface area (Å²) in [6.07, 6.45) is 1.91. The number of hydrogen-bond acceptors (Lipinski definition) is 4. The standard InChI is InChI=1S/C58H45N5.Pt/c1-40(2)47-24-10-11-25-48(47)43-34-35-59-57(36-43)63-53-29-13-12-26-51(53)52-33-32-46(38-56(52)63)62(45-23-16-22-44(37-45)61-39-60(3)54-30-14-15-31-55(54)61)58-49(41-18-6-4-7-19-41)27-17-28-50(58)42-20-8-5-9-21-42;/h4-36,40H,39H2,1-3H3;/q-2;+2/i3D3;. The first-order chi connectivity index (χ1) is 32.2. The normalized spacial score (nSPS) is 13.1. The summed E-state index contributed by atoms with van der Waals surface area (Å²) in [6, 6.07) is 74.8. The molecule has 11 rings (SSSR count). The fourth-order valence-corrected chi connectivity index (χ4v) is 9.23. The summed E-state index contributed by atoms with van der Waals surface area (Å²) < 4.78 is 27.5. The van der Waals surface area contributed by atoms with Crippen LogP contribution in [0.25, 0.3) is 61.0 Å². The summed E-state index contributed by atoms with van der Waals surface area (Å²) in [5.74, 6) is 1.15. The van der Waals surface area contributed by atoms with Crippen LogP contribution < -0.4 is 14.7 Å². The van der Waals surface area contributed by atoms with Crippen molar-refractivity contribution >= 4 is 55.9 Å². The van der Waals surface area contributed by atoms with Crippen molar-refractivity contribution in [2.75, 3.05) is 28.3 Å². The Kier molecular flexibility index (Phi) is 10.0. The number of fused-ring (bicyclic) bond motifs is 4. The zero-order chi connectivity index (χ0) is 44.9. The number of rotatable bonds is 9. The molecule has 1 aliphatic rings. The van der Waals surface area contributed by atoms with Gasteiger partial charge in [0.05, 0.1) is 23.7 Å². The van der Waals surface area contributed by atoms with Crippen LogP contribution in [0.5, 0.6) is 0 Å². The zero-order valence-electron chi connectivity index (χ0n) is 38.4. The van der Waals surface area contributed by atoms with Crippen LogP contribution in [0.1, 0.15) is 29.4 Å². The maximum atomic E-state index is 8.43. The maximum Gasteiger partial charge on any atom is 2.00 e. The molecule has 1 aliphatic heterocycles. The molecular weight excluding hydrogens is 962 g/mol. The Morgan fingerprint density at radius 1 is 0.578 bits per heavy atom. The number of pyridine rings is 1. The van der Waals surface area contributed by atoms with Crippen LogP contribution >= 0.6 is 0 Å². The quantitative estimate of drug-likeness (QED) is 0.135.